The number of fused-ring (bicyclic) bond motifs is 1. The van der Waals surface area contributed by atoms with Crippen molar-refractivity contribution in [2.75, 3.05) is 0 Å². The van der Waals surface area contributed by atoms with Crippen LogP contribution in [0.3, 0.4) is 0 Å². The highest BCUT2D eigenvalue weighted by atomic mass is 32.1. The molecule has 0 aliphatic carbocycles. The summed E-state index contributed by atoms with van der Waals surface area (Å²) in [4.78, 5) is 9.68. The Hall–Kier alpha value is -1.81. The summed E-state index contributed by atoms with van der Waals surface area (Å²) in [6.07, 6.45) is 1.76. The fraction of sp³-hybridized carbons (Fsp3) is 0.0769. The third kappa shape index (κ3) is 1.80. The molecule has 2 nitrogen and oxygen atoms in total. The second-order valence-electron chi connectivity index (χ2n) is 3.75. The van der Waals surface area contributed by atoms with E-state index in [4.69, 9.17) is 0 Å². The van der Waals surface area contributed by atoms with Crippen LogP contribution < -0.4 is 0 Å². The van der Waals surface area contributed by atoms with E-state index < -0.39 is 0 Å². The van der Waals surface area contributed by atoms with Crippen LogP contribution in [-0.2, 0) is 0 Å². The zero-order valence-electron chi connectivity index (χ0n) is 9.14. The minimum atomic E-state index is -0.228. The smallest absolute Gasteiger partial charge is 0.144 e. The highest BCUT2D eigenvalue weighted by molar-refractivity contribution is 7.18. The van der Waals surface area contributed by atoms with Gasteiger partial charge in [0.1, 0.15) is 16.2 Å². The molecule has 0 radical (unpaired) electrons. The van der Waals surface area contributed by atoms with Crippen LogP contribution in [0.1, 0.15) is 5.01 Å². The number of thiazole rings is 1. The van der Waals surface area contributed by atoms with E-state index in [-0.39, 0.29) is 5.82 Å². The molecule has 17 heavy (non-hydrogen) atoms. The van der Waals surface area contributed by atoms with Gasteiger partial charge in [-0.25, -0.2) is 14.4 Å². The standard InChI is InChI=1S/C13H9FN2S/c1-8-16-12-11(6-7-15-13(12)17-8)9-2-4-10(14)5-3-9/h2-7H,1H3. The lowest BCUT2D eigenvalue weighted by Gasteiger charge is -2.01. The lowest BCUT2D eigenvalue weighted by atomic mass is 10.1. The molecule has 0 fully saturated rings. The second kappa shape index (κ2) is 3.89. The topological polar surface area (TPSA) is 25.8 Å². The Morgan fingerprint density at radius 1 is 1.12 bits per heavy atom. The molecule has 0 aliphatic rings. The average molecular weight is 244 g/mol. The number of nitrogens with zero attached hydrogens (tertiary/aromatic N) is 2. The van der Waals surface area contributed by atoms with Gasteiger partial charge in [0.05, 0.1) is 5.01 Å². The summed E-state index contributed by atoms with van der Waals surface area (Å²) in [6.45, 7) is 1.96. The summed E-state index contributed by atoms with van der Waals surface area (Å²) >= 11 is 1.57. The molecule has 3 rings (SSSR count). The Labute approximate surface area is 102 Å². The monoisotopic (exact) mass is 244 g/mol. The number of halogens is 1. The van der Waals surface area contributed by atoms with Gasteiger partial charge in [-0.3, -0.25) is 0 Å². The molecule has 0 aliphatic heterocycles. The van der Waals surface area contributed by atoms with Crippen LogP contribution in [0.2, 0.25) is 0 Å². The van der Waals surface area contributed by atoms with Crippen molar-refractivity contribution in [2.24, 2.45) is 0 Å². The predicted octanol–water partition coefficient (Wildman–Crippen LogP) is 3.81. The first-order valence-electron chi connectivity index (χ1n) is 5.22. The van der Waals surface area contributed by atoms with Crippen molar-refractivity contribution in [1.82, 2.24) is 9.97 Å². The Morgan fingerprint density at radius 3 is 2.65 bits per heavy atom. The summed E-state index contributed by atoms with van der Waals surface area (Å²) in [7, 11) is 0. The molecule has 0 saturated heterocycles. The molecule has 0 spiro atoms. The molecule has 2 heterocycles. The minimum absolute atomic E-state index is 0.228. The van der Waals surface area contributed by atoms with Gasteiger partial charge in [-0.1, -0.05) is 23.5 Å². The fourth-order valence-corrected chi connectivity index (χ4v) is 2.58. The molecule has 0 N–H and O–H groups in total. The third-order valence-electron chi connectivity index (χ3n) is 2.56. The number of hydrogen-bond acceptors (Lipinski definition) is 3. The summed E-state index contributed by atoms with van der Waals surface area (Å²) in [6, 6.07) is 8.36. The van der Waals surface area contributed by atoms with Crippen molar-refractivity contribution in [3.8, 4) is 11.1 Å². The number of aromatic nitrogens is 2. The van der Waals surface area contributed by atoms with Crippen LogP contribution in [0.4, 0.5) is 4.39 Å². The first-order valence-corrected chi connectivity index (χ1v) is 6.04. The Kier molecular flexibility index (Phi) is 2.37. The van der Waals surface area contributed by atoms with Crippen molar-refractivity contribution in [2.45, 2.75) is 6.92 Å². The van der Waals surface area contributed by atoms with Gasteiger partial charge in [-0.2, -0.15) is 0 Å². The van der Waals surface area contributed by atoms with Crippen LogP contribution in [0, 0.1) is 12.7 Å². The van der Waals surface area contributed by atoms with Gasteiger partial charge in [-0.15, -0.1) is 0 Å². The zero-order valence-corrected chi connectivity index (χ0v) is 9.96. The number of hydrogen-bond donors (Lipinski definition) is 0. The van der Waals surface area contributed by atoms with Crippen LogP contribution in [0.5, 0.6) is 0 Å². The Morgan fingerprint density at radius 2 is 1.88 bits per heavy atom. The van der Waals surface area contributed by atoms with E-state index >= 15 is 0 Å². The fourth-order valence-electron chi connectivity index (χ4n) is 1.80. The second-order valence-corrected chi connectivity index (χ2v) is 4.93. The van der Waals surface area contributed by atoms with E-state index in [0.29, 0.717) is 0 Å². The summed E-state index contributed by atoms with van der Waals surface area (Å²) < 4.78 is 12.9. The Balaban J connectivity index is 2.26. The van der Waals surface area contributed by atoms with Crippen LogP contribution in [-0.4, -0.2) is 9.97 Å². The average Bonchev–Trinajstić information content (AvgIpc) is 2.70. The van der Waals surface area contributed by atoms with Gasteiger partial charge >= 0.3 is 0 Å². The molecule has 3 aromatic rings. The molecule has 84 valence electrons. The van der Waals surface area contributed by atoms with Crippen LogP contribution >= 0.6 is 11.3 Å². The minimum Gasteiger partial charge on any atom is -0.244 e. The third-order valence-corrected chi connectivity index (χ3v) is 3.44. The van der Waals surface area contributed by atoms with Crippen molar-refractivity contribution in [1.29, 1.82) is 0 Å². The Bertz CT molecular complexity index is 673. The normalized spacial score (nSPS) is 10.9. The molecular weight excluding hydrogens is 235 g/mol. The van der Waals surface area contributed by atoms with Crippen LogP contribution in [0.15, 0.2) is 36.5 Å². The molecule has 4 heteroatoms. The lowest BCUT2D eigenvalue weighted by molar-refractivity contribution is 0.628. The number of pyridine rings is 1. The maximum absolute atomic E-state index is 12.9. The number of benzene rings is 1. The van der Waals surface area contributed by atoms with E-state index in [1.807, 2.05) is 13.0 Å². The molecule has 0 saturated carbocycles. The van der Waals surface area contributed by atoms with E-state index in [0.717, 1.165) is 26.5 Å². The van der Waals surface area contributed by atoms with E-state index in [1.54, 1.807) is 29.7 Å². The van der Waals surface area contributed by atoms with Crippen LogP contribution in [0.25, 0.3) is 21.5 Å². The summed E-state index contributed by atoms with van der Waals surface area (Å²) in [5.41, 5.74) is 2.85. The van der Waals surface area contributed by atoms with Gasteiger partial charge < -0.3 is 0 Å². The van der Waals surface area contributed by atoms with E-state index in [9.17, 15) is 4.39 Å². The maximum Gasteiger partial charge on any atom is 0.144 e. The largest absolute Gasteiger partial charge is 0.244 e. The molecule has 0 amide bonds. The van der Waals surface area contributed by atoms with Gasteiger partial charge in [-0.05, 0) is 30.7 Å². The van der Waals surface area contributed by atoms with Crippen molar-refractivity contribution < 1.29 is 4.39 Å². The maximum atomic E-state index is 12.9. The van der Waals surface area contributed by atoms with Gasteiger partial charge in [0.2, 0.25) is 0 Å². The molecule has 0 atom stereocenters. The van der Waals surface area contributed by atoms with Crippen molar-refractivity contribution >= 4 is 21.7 Å². The highest BCUT2D eigenvalue weighted by Crippen LogP contribution is 2.29. The summed E-state index contributed by atoms with van der Waals surface area (Å²) in [5, 5.41) is 0.988. The first kappa shape index (κ1) is 10.4. The van der Waals surface area contributed by atoms with Gasteiger partial charge in [0.25, 0.3) is 0 Å². The highest BCUT2D eigenvalue weighted by Gasteiger charge is 2.08. The summed E-state index contributed by atoms with van der Waals surface area (Å²) in [5.74, 6) is -0.228. The van der Waals surface area contributed by atoms with Gasteiger partial charge in [0.15, 0.2) is 0 Å². The van der Waals surface area contributed by atoms with Crippen molar-refractivity contribution in [3.05, 3.63) is 47.4 Å². The van der Waals surface area contributed by atoms with E-state index in [2.05, 4.69) is 9.97 Å². The molecule has 1 aromatic carbocycles. The zero-order chi connectivity index (χ0) is 11.8. The van der Waals surface area contributed by atoms with E-state index in [1.165, 1.54) is 12.1 Å². The predicted molar refractivity (Wildman–Crippen MR) is 67.5 cm³/mol. The molecule has 0 unspecified atom stereocenters. The molecular formula is C13H9FN2S. The number of rotatable bonds is 1. The lowest BCUT2D eigenvalue weighted by Crippen LogP contribution is -1.83. The van der Waals surface area contributed by atoms with Gasteiger partial charge in [0, 0.05) is 11.8 Å². The SMILES string of the molecule is Cc1nc2c(-c3ccc(F)cc3)ccnc2s1. The first-order chi connectivity index (χ1) is 8.24. The van der Waals surface area contributed by atoms with Crippen molar-refractivity contribution in [3.63, 3.8) is 0 Å². The molecule has 2 aromatic heterocycles. The number of aryl methyl sites for hydroxylation is 1. The molecule has 0 bridgehead atoms. The quantitative estimate of drug-likeness (QED) is 0.650.